The Kier molecular flexibility index (Phi) is 5.08. The third-order valence-corrected chi connectivity index (χ3v) is 5.31. The molecule has 1 aliphatic rings. The van der Waals surface area contributed by atoms with Crippen molar-refractivity contribution in [1.29, 1.82) is 0 Å². The predicted octanol–water partition coefficient (Wildman–Crippen LogP) is 4.42. The van der Waals surface area contributed by atoms with Crippen molar-refractivity contribution in [2.24, 2.45) is 0 Å². The Balaban J connectivity index is 1.41. The van der Waals surface area contributed by atoms with Crippen molar-refractivity contribution in [1.82, 2.24) is 24.9 Å². The number of piperidine rings is 1. The number of carbonyl (C=O) groups is 1. The lowest BCUT2D eigenvalue weighted by Crippen LogP contribution is -2.39. The molecule has 1 aliphatic heterocycles. The monoisotopic (exact) mass is 423 g/mol. The van der Waals surface area contributed by atoms with Gasteiger partial charge in [-0.1, -0.05) is 29.8 Å². The van der Waals surface area contributed by atoms with Gasteiger partial charge in [-0.05, 0) is 31.0 Å². The minimum absolute atomic E-state index is 0.171. The second kappa shape index (κ2) is 7.55. The van der Waals surface area contributed by atoms with Crippen molar-refractivity contribution in [2.45, 2.75) is 25.1 Å². The molecule has 1 saturated heterocycles. The number of hydrogen-bond donors (Lipinski definition) is 1. The van der Waals surface area contributed by atoms with Crippen LogP contribution in [0.5, 0.6) is 0 Å². The Hall–Kier alpha value is -2.81. The maximum atomic E-state index is 12.8. The number of likely N-dealkylation sites (tertiary alicyclic amines) is 1. The van der Waals surface area contributed by atoms with Crippen molar-refractivity contribution < 1.29 is 18.0 Å². The molecule has 1 amide bonds. The van der Waals surface area contributed by atoms with Gasteiger partial charge in [0, 0.05) is 24.8 Å². The van der Waals surface area contributed by atoms with Crippen LogP contribution in [0, 0.1) is 0 Å². The van der Waals surface area contributed by atoms with E-state index in [-0.39, 0.29) is 11.9 Å². The Morgan fingerprint density at radius 3 is 2.55 bits per heavy atom. The average molecular weight is 424 g/mol. The Bertz CT molecular complexity index is 1020. The minimum Gasteiger partial charge on any atom is -0.337 e. The molecule has 0 atom stereocenters. The molecule has 152 valence electrons. The van der Waals surface area contributed by atoms with Crippen LogP contribution in [0.4, 0.5) is 13.2 Å². The first-order valence-electron chi connectivity index (χ1n) is 9.05. The number of amides is 1. The number of alkyl halides is 3. The lowest BCUT2D eigenvalue weighted by atomic mass is 10.0. The van der Waals surface area contributed by atoms with Crippen LogP contribution < -0.4 is 0 Å². The normalized spacial score (nSPS) is 15.7. The molecule has 3 aromatic rings. The summed E-state index contributed by atoms with van der Waals surface area (Å²) in [6.45, 7) is 0.844. The van der Waals surface area contributed by atoms with Crippen LogP contribution in [0.2, 0.25) is 5.02 Å². The summed E-state index contributed by atoms with van der Waals surface area (Å²) in [6, 6.07) is 9.66. The zero-order chi connectivity index (χ0) is 20.6. The zero-order valence-corrected chi connectivity index (χ0v) is 15.9. The number of nitrogens with one attached hydrogen (secondary N) is 1. The van der Waals surface area contributed by atoms with Gasteiger partial charge >= 0.3 is 6.18 Å². The second-order valence-corrected chi connectivity index (χ2v) is 7.26. The third kappa shape index (κ3) is 4.00. The number of aromatic nitrogens is 4. The Morgan fingerprint density at radius 1 is 1.17 bits per heavy atom. The van der Waals surface area contributed by atoms with Gasteiger partial charge in [0.25, 0.3) is 5.91 Å². The highest BCUT2D eigenvalue weighted by molar-refractivity contribution is 6.33. The van der Waals surface area contributed by atoms with E-state index in [2.05, 4.69) is 15.3 Å². The number of rotatable bonds is 3. The zero-order valence-electron chi connectivity index (χ0n) is 15.2. The van der Waals surface area contributed by atoms with E-state index in [1.54, 1.807) is 17.0 Å². The highest BCUT2D eigenvalue weighted by Crippen LogP contribution is 2.30. The molecule has 0 bridgehead atoms. The van der Waals surface area contributed by atoms with Crippen LogP contribution >= 0.6 is 11.6 Å². The van der Waals surface area contributed by atoms with E-state index in [9.17, 15) is 18.0 Å². The number of nitrogens with zero attached hydrogens (tertiary/aromatic N) is 4. The molecule has 1 N–H and O–H groups in total. The van der Waals surface area contributed by atoms with Gasteiger partial charge in [0.1, 0.15) is 5.69 Å². The lowest BCUT2D eigenvalue weighted by molar-refractivity contribution is -0.141. The van der Waals surface area contributed by atoms with Crippen LogP contribution in [0.1, 0.15) is 35.1 Å². The first kappa shape index (κ1) is 19.5. The van der Waals surface area contributed by atoms with Crippen LogP contribution in [-0.2, 0) is 6.18 Å². The van der Waals surface area contributed by atoms with Crippen molar-refractivity contribution in [2.75, 3.05) is 13.1 Å². The fourth-order valence-corrected chi connectivity index (χ4v) is 3.67. The molecule has 1 fully saturated rings. The molecule has 0 aliphatic carbocycles. The van der Waals surface area contributed by atoms with Gasteiger partial charge in [-0.15, -0.1) is 0 Å². The molecule has 0 saturated carbocycles. The first-order chi connectivity index (χ1) is 13.8. The number of carbonyl (C=O) groups excluding carboxylic acids is 1. The van der Waals surface area contributed by atoms with E-state index >= 15 is 0 Å². The molecule has 29 heavy (non-hydrogen) atoms. The van der Waals surface area contributed by atoms with Crippen molar-refractivity contribution in [3.8, 4) is 11.3 Å². The summed E-state index contributed by atoms with van der Waals surface area (Å²) >= 11 is 6.17. The predicted molar refractivity (Wildman–Crippen MR) is 100 cm³/mol. The molecule has 0 unspecified atom stereocenters. The quantitative estimate of drug-likeness (QED) is 0.678. The van der Waals surface area contributed by atoms with Gasteiger partial charge in [-0.3, -0.25) is 14.6 Å². The molecule has 6 nitrogen and oxygen atoms in total. The summed E-state index contributed by atoms with van der Waals surface area (Å²) in [5, 5.41) is 11.1. The molecule has 10 heteroatoms. The minimum atomic E-state index is -4.46. The van der Waals surface area contributed by atoms with E-state index in [4.69, 9.17) is 11.6 Å². The third-order valence-electron chi connectivity index (χ3n) is 4.98. The molecule has 3 heterocycles. The number of aromatic amines is 1. The number of halogens is 4. The fourth-order valence-electron chi connectivity index (χ4n) is 3.43. The van der Waals surface area contributed by atoms with E-state index in [1.165, 1.54) is 10.9 Å². The lowest BCUT2D eigenvalue weighted by Gasteiger charge is -2.31. The van der Waals surface area contributed by atoms with Crippen LogP contribution in [-0.4, -0.2) is 43.9 Å². The van der Waals surface area contributed by atoms with Gasteiger partial charge in [0.2, 0.25) is 0 Å². The fraction of sp³-hybridized carbons (Fsp3) is 0.316. The van der Waals surface area contributed by atoms with E-state index < -0.39 is 11.9 Å². The van der Waals surface area contributed by atoms with Crippen molar-refractivity contribution >= 4 is 17.5 Å². The van der Waals surface area contributed by atoms with E-state index in [1.807, 2.05) is 18.2 Å². The summed E-state index contributed by atoms with van der Waals surface area (Å²) < 4.78 is 39.5. The average Bonchev–Trinajstić information content (AvgIpc) is 3.38. The molecule has 0 spiro atoms. The maximum Gasteiger partial charge on any atom is 0.435 e. The van der Waals surface area contributed by atoms with Gasteiger partial charge in [-0.2, -0.15) is 23.4 Å². The molecule has 2 aromatic heterocycles. The van der Waals surface area contributed by atoms with Crippen molar-refractivity contribution in [3.05, 3.63) is 59.0 Å². The molecule has 0 radical (unpaired) electrons. The van der Waals surface area contributed by atoms with Gasteiger partial charge < -0.3 is 4.90 Å². The number of benzene rings is 1. The molecular formula is C19H17ClF3N5O. The highest BCUT2D eigenvalue weighted by Gasteiger charge is 2.34. The van der Waals surface area contributed by atoms with Gasteiger partial charge in [0.15, 0.2) is 5.69 Å². The summed E-state index contributed by atoms with van der Waals surface area (Å²) in [7, 11) is 0. The standard InChI is InChI=1S/C19H17ClF3N5O/c20-14-4-2-1-3-13(14)15-11-16(25-24-15)18(29)27-8-5-12(6-9-27)28-10-7-17(26-28)19(21,22)23/h1-4,7,10-12H,5-6,8-9H2,(H,24,25). The number of H-pyrrole nitrogens is 1. The van der Waals surface area contributed by atoms with Crippen LogP contribution in [0.3, 0.4) is 0 Å². The summed E-state index contributed by atoms with van der Waals surface area (Å²) in [4.78, 5) is 14.4. The largest absolute Gasteiger partial charge is 0.435 e. The summed E-state index contributed by atoms with van der Waals surface area (Å²) in [5.74, 6) is -0.203. The van der Waals surface area contributed by atoms with E-state index in [0.717, 1.165) is 11.6 Å². The summed E-state index contributed by atoms with van der Waals surface area (Å²) in [5.41, 5.74) is 0.741. The van der Waals surface area contributed by atoms with Gasteiger partial charge in [0.05, 0.1) is 16.8 Å². The van der Waals surface area contributed by atoms with E-state index in [0.29, 0.717) is 42.3 Å². The summed E-state index contributed by atoms with van der Waals surface area (Å²) in [6.07, 6.45) is -2.07. The SMILES string of the molecule is O=C(c1cc(-c2ccccc2Cl)n[nH]1)N1CCC(n2ccc(C(F)(F)F)n2)CC1. The maximum absolute atomic E-state index is 12.8. The van der Waals surface area contributed by atoms with Gasteiger partial charge in [-0.25, -0.2) is 0 Å². The van der Waals surface area contributed by atoms with Crippen LogP contribution in [0.15, 0.2) is 42.6 Å². The topological polar surface area (TPSA) is 66.8 Å². The first-order valence-corrected chi connectivity index (χ1v) is 9.42. The molecule has 4 rings (SSSR count). The van der Waals surface area contributed by atoms with Crippen LogP contribution in [0.25, 0.3) is 11.3 Å². The van der Waals surface area contributed by atoms with Crippen molar-refractivity contribution in [3.63, 3.8) is 0 Å². The molecule has 1 aromatic carbocycles. The Labute approximate surface area is 169 Å². The number of hydrogen-bond acceptors (Lipinski definition) is 3. The smallest absolute Gasteiger partial charge is 0.337 e. The highest BCUT2D eigenvalue weighted by atomic mass is 35.5. The Morgan fingerprint density at radius 2 is 1.90 bits per heavy atom. The second-order valence-electron chi connectivity index (χ2n) is 6.85. The molecular weight excluding hydrogens is 407 g/mol.